The second-order valence-electron chi connectivity index (χ2n) is 5.95. The standard InChI is InChI=1S/C17H28N2O2/c1-4-8-19-16(17(3)7-6-10-21-17)14-11-15(13-18-12-14)20-9-5-2/h11-13,16,19H,4-10H2,1-3H3. The van der Waals surface area contributed by atoms with Crippen LogP contribution in [0.1, 0.15) is 58.1 Å². The van der Waals surface area contributed by atoms with E-state index in [1.165, 1.54) is 0 Å². The van der Waals surface area contributed by atoms with Gasteiger partial charge in [0.2, 0.25) is 0 Å². The second kappa shape index (κ2) is 7.76. The van der Waals surface area contributed by atoms with E-state index in [1.54, 1.807) is 6.20 Å². The molecule has 2 heterocycles. The first kappa shape index (κ1) is 16.2. The molecule has 1 saturated heterocycles. The summed E-state index contributed by atoms with van der Waals surface area (Å²) in [6.07, 6.45) is 8.02. The average Bonchev–Trinajstić information content (AvgIpc) is 2.93. The van der Waals surface area contributed by atoms with E-state index in [4.69, 9.17) is 9.47 Å². The summed E-state index contributed by atoms with van der Waals surface area (Å²) in [7, 11) is 0. The number of nitrogens with zero attached hydrogens (tertiary/aromatic N) is 1. The molecule has 118 valence electrons. The number of hydrogen-bond acceptors (Lipinski definition) is 4. The Labute approximate surface area is 128 Å². The lowest BCUT2D eigenvalue weighted by molar-refractivity contribution is -0.0126. The molecule has 0 amide bonds. The third-order valence-corrected chi connectivity index (χ3v) is 4.00. The molecule has 1 aromatic rings. The molecule has 0 radical (unpaired) electrons. The summed E-state index contributed by atoms with van der Waals surface area (Å²) in [6, 6.07) is 2.26. The Kier molecular flexibility index (Phi) is 6.00. The number of aromatic nitrogens is 1. The van der Waals surface area contributed by atoms with E-state index < -0.39 is 0 Å². The molecule has 1 aliphatic rings. The van der Waals surface area contributed by atoms with Crippen LogP contribution in [0.3, 0.4) is 0 Å². The predicted octanol–water partition coefficient (Wildman–Crippen LogP) is 3.48. The Morgan fingerprint density at radius 3 is 2.90 bits per heavy atom. The summed E-state index contributed by atoms with van der Waals surface area (Å²) in [5, 5.41) is 3.63. The Balaban J connectivity index is 2.19. The van der Waals surface area contributed by atoms with Crippen LogP contribution in [0, 0.1) is 0 Å². The highest BCUT2D eigenvalue weighted by atomic mass is 16.5. The molecule has 1 fully saturated rings. The van der Waals surface area contributed by atoms with Crippen molar-refractivity contribution >= 4 is 0 Å². The summed E-state index contributed by atoms with van der Waals surface area (Å²) < 4.78 is 11.8. The van der Waals surface area contributed by atoms with Crippen molar-refractivity contribution in [2.24, 2.45) is 0 Å². The van der Waals surface area contributed by atoms with Crippen LogP contribution in [0.5, 0.6) is 5.75 Å². The molecular weight excluding hydrogens is 264 g/mol. The van der Waals surface area contributed by atoms with Gasteiger partial charge < -0.3 is 14.8 Å². The first-order valence-corrected chi connectivity index (χ1v) is 8.14. The molecular formula is C17H28N2O2. The van der Waals surface area contributed by atoms with E-state index >= 15 is 0 Å². The molecule has 0 saturated carbocycles. The Morgan fingerprint density at radius 1 is 1.38 bits per heavy atom. The third-order valence-electron chi connectivity index (χ3n) is 4.00. The highest BCUT2D eigenvalue weighted by Gasteiger charge is 2.39. The summed E-state index contributed by atoms with van der Waals surface area (Å²) in [5.74, 6) is 0.847. The van der Waals surface area contributed by atoms with Gasteiger partial charge in [-0.15, -0.1) is 0 Å². The average molecular weight is 292 g/mol. The van der Waals surface area contributed by atoms with Gasteiger partial charge in [0.15, 0.2) is 0 Å². The zero-order valence-electron chi connectivity index (χ0n) is 13.5. The van der Waals surface area contributed by atoms with Crippen molar-refractivity contribution in [1.82, 2.24) is 10.3 Å². The Morgan fingerprint density at radius 2 is 2.24 bits per heavy atom. The van der Waals surface area contributed by atoms with Gasteiger partial charge in [-0.1, -0.05) is 13.8 Å². The third kappa shape index (κ3) is 4.17. The minimum Gasteiger partial charge on any atom is -0.492 e. The molecule has 4 nitrogen and oxygen atoms in total. The summed E-state index contributed by atoms with van der Waals surface area (Å²) in [5.41, 5.74) is 1.00. The highest BCUT2D eigenvalue weighted by molar-refractivity contribution is 5.28. The quantitative estimate of drug-likeness (QED) is 0.796. The molecule has 0 spiro atoms. The van der Waals surface area contributed by atoms with Gasteiger partial charge in [0.1, 0.15) is 5.75 Å². The van der Waals surface area contributed by atoms with Crippen molar-refractivity contribution in [2.75, 3.05) is 19.8 Å². The molecule has 0 aliphatic carbocycles. The van der Waals surface area contributed by atoms with Crippen molar-refractivity contribution < 1.29 is 9.47 Å². The summed E-state index contributed by atoms with van der Waals surface area (Å²) >= 11 is 0. The number of nitrogens with one attached hydrogen (secondary N) is 1. The lowest BCUT2D eigenvalue weighted by Crippen LogP contribution is -2.41. The van der Waals surface area contributed by atoms with Crippen molar-refractivity contribution in [3.63, 3.8) is 0 Å². The van der Waals surface area contributed by atoms with Crippen molar-refractivity contribution in [2.45, 2.75) is 58.1 Å². The molecule has 0 bridgehead atoms. The topological polar surface area (TPSA) is 43.4 Å². The zero-order chi connectivity index (χ0) is 15.1. The zero-order valence-corrected chi connectivity index (χ0v) is 13.5. The minimum atomic E-state index is -0.153. The van der Waals surface area contributed by atoms with Crippen LogP contribution in [-0.2, 0) is 4.74 Å². The fourth-order valence-corrected chi connectivity index (χ4v) is 2.90. The Hall–Kier alpha value is -1.13. The van der Waals surface area contributed by atoms with E-state index in [9.17, 15) is 0 Å². The van der Waals surface area contributed by atoms with E-state index in [0.29, 0.717) is 0 Å². The Bertz CT molecular complexity index is 431. The second-order valence-corrected chi connectivity index (χ2v) is 5.95. The van der Waals surface area contributed by atoms with E-state index in [1.807, 2.05) is 6.20 Å². The first-order valence-electron chi connectivity index (χ1n) is 8.14. The van der Waals surface area contributed by atoms with Gasteiger partial charge in [0.25, 0.3) is 0 Å². The lowest BCUT2D eigenvalue weighted by Gasteiger charge is -2.34. The van der Waals surface area contributed by atoms with Crippen molar-refractivity contribution in [1.29, 1.82) is 0 Å². The van der Waals surface area contributed by atoms with Gasteiger partial charge >= 0.3 is 0 Å². The van der Waals surface area contributed by atoms with Gasteiger partial charge in [-0.3, -0.25) is 4.98 Å². The molecule has 0 aromatic carbocycles. The SMILES string of the molecule is CCCNC(c1cncc(OCCC)c1)C1(C)CCCO1. The van der Waals surface area contributed by atoms with Crippen molar-refractivity contribution in [3.05, 3.63) is 24.0 Å². The van der Waals surface area contributed by atoms with Gasteiger partial charge in [-0.05, 0) is 50.8 Å². The number of hydrogen-bond donors (Lipinski definition) is 1. The molecule has 2 unspecified atom stereocenters. The van der Waals surface area contributed by atoms with Crippen LogP contribution >= 0.6 is 0 Å². The number of ether oxygens (including phenoxy) is 2. The van der Waals surface area contributed by atoms with Gasteiger partial charge in [-0.2, -0.15) is 0 Å². The maximum absolute atomic E-state index is 6.04. The molecule has 1 N–H and O–H groups in total. The van der Waals surface area contributed by atoms with E-state index in [-0.39, 0.29) is 11.6 Å². The molecule has 2 rings (SSSR count). The van der Waals surface area contributed by atoms with Gasteiger partial charge in [-0.25, -0.2) is 0 Å². The van der Waals surface area contributed by atoms with E-state index in [0.717, 1.165) is 56.8 Å². The minimum absolute atomic E-state index is 0.153. The molecule has 21 heavy (non-hydrogen) atoms. The molecule has 2 atom stereocenters. The van der Waals surface area contributed by atoms with Gasteiger partial charge in [0, 0.05) is 12.8 Å². The molecule has 1 aliphatic heterocycles. The van der Waals surface area contributed by atoms with Gasteiger partial charge in [0.05, 0.1) is 24.4 Å². The van der Waals surface area contributed by atoms with Crippen LogP contribution in [0.2, 0.25) is 0 Å². The van der Waals surface area contributed by atoms with E-state index in [2.05, 4.69) is 37.1 Å². The highest BCUT2D eigenvalue weighted by Crippen LogP contribution is 2.37. The van der Waals surface area contributed by atoms with Crippen LogP contribution in [0.4, 0.5) is 0 Å². The van der Waals surface area contributed by atoms with Crippen LogP contribution in [-0.4, -0.2) is 30.3 Å². The maximum atomic E-state index is 6.04. The van der Waals surface area contributed by atoms with Crippen LogP contribution in [0.15, 0.2) is 18.5 Å². The van der Waals surface area contributed by atoms with Crippen molar-refractivity contribution in [3.8, 4) is 5.75 Å². The number of pyridine rings is 1. The molecule has 4 heteroatoms. The van der Waals surface area contributed by atoms with Crippen LogP contribution < -0.4 is 10.1 Å². The predicted molar refractivity (Wildman–Crippen MR) is 84.6 cm³/mol. The fourth-order valence-electron chi connectivity index (χ4n) is 2.90. The smallest absolute Gasteiger partial charge is 0.137 e. The normalized spacial score (nSPS) is 23.2. The van der Waals surface area contributed by atoms with Crippen LogP contribution in [0.25, 0.3) is 0 Å². The first-order chi connectivity index (χ1) is 10.2. The summed E-state index contributed by atoms with van der Waals surface area (Å²) in [6.45, 7) is 9.04. The largest absolute Gasteiger partial charge is 0.492 e. The maximum Gasteiger partial charge on any atom is 0.137 e. The lowest BCUT2D eigenvalue weighted by atomic mass is 9.88. The fraction of sp³-hybridized carbons (Fsp3) is 0.706. The summed E-state index contributed by atoms with van der Waals surface area (Å²) in [4.78, 5) is 4.35. The number of rotatable bonds is 8. The monoisotopic (exact) mass is 292 g/mol. The molecule has 1 aromatic heterocycles.